The molecule has 1 aromatic heterocycles. The zero-order valence-electron chi connectivity index (χ0n) is 21.5. The van der Waals surface area contributed by atoms with Gasteiger partial charge in [0.15, 0.2) is 0 Å². The summed E-state index contributed by atoms with van der Waals surface area (Å²) in [7, 11) is 0. The molecule has 0 aliphatic heterocycles. The fraction of sp³-hybridized carbons (Fsp3) is 0.176. The Bertz CT molecular complexity index is 1570. The quantitative estimate of drug-likeness (QED) is 0.245. The van der Waals surface area contributed by atoms with Crippen LogP contribution in [0, 0.1) is 13.8 Å². The predicted octanol–water partition coefficient (Wildman–Crippen LogP) is 8.58. The molecule has 1 heteroatoms. The molecule has 0 fully saturated rings. The highest BCUT2D eigenvalue weighted by Gasteiger charge is 2.12. The maximum atomic E-state index is 4.38. The smallest absolute Gasteiger partial charge is 0.0384 e. The van der Waals surface area contributed by atoms with E-state index in [1.54, 1.807) is 0 Å². The Hall–Kier alpha value is -3.42. The van der Waals surface area contributed by atoms with Crippen molar-refractivity contribution in [1.29, 1.82) is 0 Å². The van der Waals surface area contributed by atoms with Crippen LogP contribution < -0.4 is 9.75 Å². The van der Waals surface area contributed by atoms with Gasteiger partial charge in [-0.1, -0.05) is 98.5 Å². The summed E-state index contributed by atoms with van der Waals surface area (Å²) in [6, 6.07) is 22.0. The molecular weight excluding hydrogens is 440 g/mol. The van der Waals surface area contributed by atoms with Crippen molar-refractivity contribution in [2.45, 2.75) is 41.0 Å². The first-order valence-electron chi connectivity index (χ1n) is 12.2. The third-order valence-corrected chi connectivity index (χ3v) is 8.04. The summed E-state index contributed by atoms with van der Waals surface area (Å²) in [5.41, 5.74) is 11.2. The van der Waals surface area contributed by atoms with Crippen LogP contribution in [0.2, 0.25) is 0 Å². The van der Waals surface area contributed by atoms with Crippen molar-refractivity contribution in [3.63, 3.8) is 0 Å². The van der Waals surface area contributed by atoms with Gasteiger partial charge in [-0.3, -0.25) is 0 Å². The zero-order valence-corrected chi connectivity index (χ0v) is 22.4. The predicted molar refractivity (Wildman–Crippen MR) is 158 cm³/mol. The number of allylic oxidation sites excluding steroid dienone is 3. The number of fused-ring (bicyclic) bond motifs is 1. The Balaban J connectivity index is 1.79. The number of hydrogen-bond donors (Lipinski definition) is 0. The van der Waals surface area contributed by atoms with Crippen LogP contribution in [0.5, 0.6) is 0 Å². The molecule has 0 nitrogen and oxygen atoms in total. The monoisotopic (exact) mass is 474 g/mol. The molecule has 176 valence electrons. The van der Waals surface area contributed by atoms with Gasteiger partial charge in [-0.15, -0.1) is 11.3 Å². The van der Waals surface area contributed by atoms with E-state index in [0.717, 1.165) is 17.2 Å². The number of benzene rings is 3. The summed E-state index contributed by atoms with van der Waals surface area (Å²) in [5.74, 6) is 0. The molecule has 0 amide bonds. The summed E-state index contributed by atoms with van der Waals surface area (Å²) in [6.07, 6.45) is 7.69. The first-order valence-corrected chi connectivity index (χ1v) is 13.1. The minimum atomic E-state index is 1.04. The summed E-state index contributed by atoms with van der Waals surface area (Å²) in [6.45, 7) is 19.4. The molecule has 1 heterocycles. The molecule has 0 N–H and O–H groups in total. The van der Waals surface area contributed by atoms with Crippen molar-refractivity contribution < 1.29 is 0 Å². The minimum absolute atomic E-state index is 1.04. The fourth-order valence-electron chi connectivity index (χ4n) is 4.55. The molecular formula is C34H34S. The van der Waals surface area contributed by atoms with E-state index in [1.807, 2.05) is 11.3 Å². The van der Waals surface area contributed by atoms with E-state index >= 15 is 0 Å². The third kappa shape index (κ3) is 5.01. The summed E-state index contributed by atoms with van der Waals surface area (Å²) in [5, 5.41) is 2.37. The van der Waals surface area contributed by atoms with Crippen LogP contribution in [0.4, 0.5) is 0 Å². The maximum Gasteiger partial charge on any atom is 0.0384 e. The lowest BCUT2D eigenvalue weighted by Crippen LogP contribution is -2.19. The molecule has 0 saturated carbocycles. The van der Waals surface area contributed by atoms with Gasteiger partial charge in [-0.2, -0.15) is 0 Å². The van der Waals surface area contributed by atoms with Gasteiger partial charge in [0.25, 0.3) is 0 Å². The third-order valence-electron chi connectivity index (χ3n) is 6.71. The van der Waals surface area contributed by atoms with Gasteiger partial charge in [0.2, 0.25) is 0 Å². The lowest BCUT2D eigenvalue weighted by atomic mass is 9.88. The summed E-state index contributed by atoms with van der Waals surface area (Å²) < 4.78 is 2.55. The van der Waals surface area contributed by atoms with Crippen LogP contribution in [-0.2, 0) is 0 Å². The Kier molecular flexibility index (Phi) is 7.38. The van der Waals surface area contributed by atoms with Crippen molar-refractivity contribution in [1.82, 2.24) is 0 Å². The zero-order chi connectivity index (χ0) is 25.1. The van der Waals surface area contributed by atoms with Crippen LogP contribution in [0.3, 0.4) is 0 Å². The van der Waals surface area contributed by atoms with Crippen LogP contribution in [0.15, 0.2) is 85.0 Å². The van der Waals surface area contributed by atoms with Gasteiger partial charge >= 0.3 is 0 Å². The molecule has 35 heavy (non-hydrogen) atoms. The SMILES string of the molecule is C=C(C)/C=C(/c1ccc(/C(C)=c2\sc3ccccc3c2=C)cc1)c1ccc(/C=C\CC)c(C)c1C. The fourth-order valence-corrected chi connectivity index (χ4v) is 5.73. The normalized spacial score (nSPS) is 13.0. The average molecular weight is 475 g/mol. The van der Waals surface area contributed by atoms with Gasteiger partial charge in [0.05, 0.1) is 0 Å². The molecule has 0 aliphatic carbocycles. The second kappa shape index (κ2) is 10.5. The van der Waals surface area contributed by atoms with Crippen LogP contribution in [0.25, 0.3) is 33.9 Å². The first kappa shape index (κ1) is 24.7. The van der Waals surface area contributed by atoms with Gasteiger partial charge in [-0.05, 0) is 95.3 Å². The van der Waals surface area contributed by atoms with E-state index in [0.29, 0.717) is 0 Å². The first-order chi connectivity index (χ1) is 16.8. The van der Waals surface area contributed by atoms with Crippen LogP contribution in [0.1, 0.15) is 60.6 Å². The highest BCUT2D eigenvalue weighted by molar-refractivity contribution is 7.17. The average Bonchev–Trinajstić information content (AvgIpc) is 3.20. The Labute approximate surface area is 214 Å². The van der Waals surface area contributed by atoms with Crippen molar-refractivity contribution in [3.05, 3.63) is 128 Å². The van der Waals surface area contributed by atoms with Crippen LogP contribution >= 0.6 is 11.3 Å². The molecule has 4 rings (SSSR count). The van der Waals surface area contributed by atoms with E-state index < -0.39 is 0 Å². The molecule has 0 bridgehead atoms. The number of rotatable bonds is 6. The van der Waals surface area contributed by atoms with Gasteiger partial charge in [-0.25, -0.2) is 0 Å². The lowest BCUT2D eigenvalue weighted by Gasteiger charge is -2.16. The van der Waals surface area contributed by atoms with E-state index in [9.17, 15) is 0 Å². The summed E-state index contributed by atoms with van der Waals surface area (Å²) >= 11 is 1.82. The van der Waals surface area contributed by atoms with Gasteiger partial charge < -0.3 is 0 Å². The lowest BCUT2D eigenvalue weighted by molar-refractivity contribution is 1.23. The summed E-state index contributed by atoms with van der Waals surface area (Å²) in [4.78, 5) is 0. The molecule has 3 aromatic carbocycles. The van der Waals surface area contributed by atoms with E-state index in [4.69, 9.17) is 0 Å². The topological polar surface area (TPSA) is 0 Å². The van der Waals surface area contributed by atoms with Crippen molar-refractivity contribution >= 4 is 45.2 Å². The molecule has 0 aliphatic rings. The second-order valence-corrected chi connectivity index (χ2v) is 10.3. The van der Waals surface area contributed by atoms with Crippen molar-refractivity contribution in [3.8, 4) is 0 Å². The molecule has 0 spiro atoms. The maximum absolute atomic E-state index is 4.38. The number of thiophene rings is 1. The molecule has 0 radical (unpaired) electrons. The highest BCUT2D eigenvalue weighted by Crippen LogP contribution is 2.31. The molecule has 0 atom stereocenters. The largest absolute Gasteiger partial charge is 0.135 e. The van der Waals surface area contributed by atoms with Crippen molar-refractivity contribution in [2.75, 3.05) is 0 Å². The van der Waals surface area contributed by atoms with Crippen molar-refractivity contribution in [2.24, 2.45) is 0 Å². The molecule has 0 unspecified atom stereocenters. The van der Waals surface area contributed by atoms with Gasteiger partial charge in [0, 0.05) is 9.23 Å². The number of hydrogen-bond acceptors (Lipinski definition) is 1. The minimum Gasteiger partial charge on any atom is -0.135 e. The highest BCUT2D eigenvalue weighted by atomic mass is 32.1. The Morgan fingerprint density at radius 1 is 0.886 bits per heavy atom. The second-order valence-electron chi connectivity index (χ2n) is 9.28. The Morgan fingerprint density at radius 3 is 2.23 bits per heavy atom. The van der Waals surface area contributed by atoms with Crippen LogP contribution in [-0.4, -0.2) is 0 Å². The van der Waals surface area contributed by atoms with E-state index in [1.165, 1.54) is 59.1 Å². The van der Waals surface area contributed by atoms with Gasteiger partial charge in [0.1, 0.15) is 0 Å². The van der Waals surface area contributed by atoms with E-state index in [2.05, 4.69) is 127 Å². The Morgan fingerprint density at radius 2 is 1.57 bits per heavy atom. The molecule has 4 aromatic rings. The standard InChI is InChI=1S/C34H34S/c1-8-9-12-27-19-20-30(24(5)23(27)4)32(21-22(2)3)29-17-15-28(16-18-29)25(6)34-26(7)31-13-10-11-14-33(31)35-34/h9-21H,2,7-8H2,1,3-6H3/b12-9-,32-21-,34-25-. The van der Waals surface area contributed by atoms with E-state index in [-0.39, 0.29) is 0 Å². The molecule has 0 saturated heterocycles.